The Morgan fingerprint density at radius 1 is 1.40 bits per heavy atom. The summed E-state index contributed by atoms with van der Waals surface area (Å²) in [7, 11) is 0. The molecule has 9 nitrogen and oxygen atoms in total. The number of aliphatic hydroxyl groups is 1. The van der Waals surface area contributed by atoms with Crippen molar-refractivity contribution in [2.24, 2.45) is 10.7 Å². The van der Waals surface area contributed by atoms with E-state index in [2.05, 4.69) is 10.3 Å². The number of nitrogens with zero attached hydrogens (tertiary/aromatic N) is 2. The number of pyridine rings is 1. The molecule has 35 heavy (non-hydrogen) atoms. The third-order valence-corrected chi connectivity index (χ3v) is 7.68. The van der Waals surface area contributed by atoms with Gasteiger partial charge in [-0.3, -0.25) is 14.6 Å². The standard InChI is InChI=1S/C24H23FN4O5S/c1-11-16(25)7-17-20-13(18(10-35-22(11)20)28-19(30)2-4-26)3-5-29-12(8-27-17)6-14-15(23(29)32)9-34-24(33)21(14)31/h3,6-8,18,21,31H,2,4-5,9-10,26H2,1H3,(H,28,30)/b13-3+,27-8+. The number of ether oxygens (including phenoxy) is 1. The van der Waals surface area contributed by atoms with Crippen molar-refractivity contribution in [3.8, 4) is 0 Å². The van der Waals surface area contributed by atoms with Crippen molar-refractivity contribution < 1.29 is 23.8 Å². The molecule has 3 aliphatic heterocycles. The number of benzene rings is 1. The number of hydrogen-bond donors (Lipinski definition) is 3. The fourth-order valence-corrected chi connectivity index (χ4v) is 5.83. The Morgan fingerprint density at radius 2 is 2.20 bits per heavy atom. The molecule has 2 atom stereocenters. The van der Waals surface area contributed by atoms with E-state index in [4.69, 9.17) is 10.5 Å². The Labute approximate surface area is 203 Å². The van der Waals surface area contributed by atoms with Gasteiger partial charge in [-0.05, 0) is 24.1 Å². The van der Waals surface area contributed by atoms with Gasteiger partial charge in [0.2, 0.25) is 5.91 Å². The topological polar surface area (TPSA) is 136 Å². The van der Waals surface area contributed by atoms with Crippen LogP contribution in [0.4, 0.5) is 10.1 Å². The lowest BCUT2D eigenvalue weighted by Crippen LogP contribution is -2.40. The van der Waals surface area contributed by atoms with Gasteiger partial charge in [-0.2, -0.15) is 0 Å². The summed E-state index contributed by atoms with van der Waals surface area (Å²) in [5.74, 6) is -0.950. The summed E-state index contributed by atoms with van der Waals surface area (Å²) in [6.45, 7) is 1.81. The highest BCUT2D eigenvalue weighted by Crippen LogP contribution is 2.45. The van der Waals surface area contributed by atoms with Gasteiger partial charge < -0.3 is 25.5 Å². The van der Waals surface area contributed by atoms with Gasteiger partial charge in [-0.1, -0.05) is 6.08 Å². The monoisotopic (exact) mass is 498 g/mol. The molecular weight excluding hydrogens is 475 g/mol. The number of halogens is 1. The van der Waals surface area contributed by atoms with Crippen molar-refractivity contribution in [2.75, 3.05) is 12.3 Å². The minimum atomic E-state index is -1.57. The largest absolute Gasteiger partial charge is 0.458 e. The first-order valence-electron chi connectivity index (χ1n) is 11.1. The number of nitrogens with two attached hydrogens (primary N) is 1. The van der Waals surface area contributed by atoms with E-state index < -0.39 is 23.4 Å². The van der Waals surface area contributed by atoms with Gasteiger partial charge in [-0.15, -0.1) is 11.8 Å². The zero-order chi connectivity index (χ0) is 24.9. The molecule has 182 valence electrons. The van der Waals surface area contributed by atoms with Crippen LogP contribution < -0.4 is 16.6 Å². The molecule has 5 rings (SSSR count). The van der Waals surface area contributed by atoms with E-state index in [0.717, 1.165) is 10.5 Å². The number of esters is 1. The van der Waals surface area contributed by atoms with Crippen molar-refractivity contribution >= 4 is 41.1 Å². The first-order chi connectivity index (χ1) is 16.8. The number of carbonyl (C=O) groups is 2. The highest BCUT2D eigenvalue weighted by Gasteiger charge is 2.33. The molecule has 0 aliphatic carbocycles. The smallest absolute Gasteiger partial charge is 0.340 e. The van der Waals surface area contributed by atoms with Gasteiger partial charge in [0.15, 0.2) is 6.10 Å². The summed E-state index contributed by atoms with van der Waals surface area (Å²) in [5, 5.41) is 13.3. The third-order valence-electron chi connectivity index (χ3n) is 6.38. The molecular formula is C24H23FN4O5S. The Morgan fingerprint density at radius 3 is 2.97 bits per heavy atom. The molecule has 11 heteroatoms. The van der Waals surface area contributed by atoms with Crippen LogP contribution in [0.15, 0.2) is 32.9 Å². The van der Waals surface area contributed by atoms with Crippen molar-refractivity contribution in [1.82, 2.24) is 9.88 Å². The van der Waals surface area contributed by atoms with Crippen molar-refractivity contribution in [3.63, 3.8) is 0 Å². The number of aromatic nitrogens is 1. The Hall–Kier alpha value is -3.28. The van der Waals surface area contributed by atoms with Crippen LogP contribution in [0.25, 0.3) is 5.57 Å². The summed E-state index contributed by atoms with van der Waals surface area (Å²) >= 11 is 1.44. The van der Waals surface area contributed by atoms with Crippen LogP contribution >= 0.6 is 11.8 Å². The number of hydrogen-bond acceptors (Lipinski definition) is 8. The van der Waals surface area contributed by atoms with Crippen LogP contribution in [0.2, 0.25) is 0 Å². The molecule has 0 fully saturated rings. The predicted molar refractivity (Wildman–Crippen MR) is 128 cm³/mol. The lowest BCUT2D eigenvalue weighted by molar-refractivity contribution is -0.157. The number of aliphatic imine (C=N–C) groups is 1. The SMILES string of the molecule is Cc1c(F)cc2c3c1SCC(NC(=O)CCN)/C3=C\Cn1c(cc3c(c1=O)COC(=O)C3O)/C=N/2. The molecule has 1 amide bonds. The molecule has 0 radical (unpaired) electrons. The maximum absolute atomic E-state index is 14.8. The number of fused-ring (bicyclic) bond motifs is 2. The highest BCUT2D eigenvalue weighted by molar-refractivity contribution is 7.99. The maximum atomic E-state index is 14.8. The van der Waals surface area contributed by atoms with E-state index in [1.165, 1.54) is 34.7 Å². The zero-order valence-corrected chi connectivity index (χ0v) is 19.7. The van der Waals surface area contributed by atoms with E-state index >= 15 is 0 Å². The van der Waals surface area contributed by atoms with Gasteiger partial charge in [-0.25, -0.2) is 9.18 Å². The fraction of sp³-hybridized carbons (Fsp3) is 0.333. The van der Waals surface area contributed by atoms with E-state index in [0.29, 0.717) is 28.3 Å². The second kappa shape index (κ2) is 9.06. The quantitative estimate of drug-likeness (QED) is 0.545. The lowest BCUT2D eigenvalue weighted by atomic mass is 9.94. The second-order valence-corrected chi connectivity index (χ2v) is 9.55. The normalized spacial score (nSPS) is 22.7. The van der Waals surface area contributed by atoms with Crippen LogP contribution in [-0.4, -0.2) is 46.1 Å². The molecule has 2 unspecified atom stereocenters. The number of nitrogens with one attached hydrogen (secondary N) is 1. The summed E-state index contributed by atoms with van der Waals surface area (Å²) in [6, 6.07) is 2.48. The van der Waals surface area contributed by atoms with Crippen molar-refractivity contribution in [2.45, 2.75) is 43.5 Å². The van der Waals surface area contributed by atoms with E-state index in [1.807, 2.05) is 6.08 Å². The maximum Gasteiger partial charge on any atom is 0.340 e. The van der Waals surface area contributed by atoms with Gasteiger partial charge in [0.1, 0.15) is 12.4 Å². The van der Waals surface area contributed by atoms with Crippen LogP contribution in [0.1, 0.15) is 40.5 Å². The molecule has 1 aromatic heterocycles. The number of carbonyl (C=O) groups excluding carboxylic acids is 2. The number of amides is 1. The van der Waals surface area contributed by atoms with E-state index in [-0.39, 0.29) is 49.2 Å². The van der Waals surface area contributed by atoms with Crippen LogP contribution in [0.5, 0.6) is 0 Å². The number of allylic oxidation sites excluding steroid dienone is 1. The van der Waals surface area contributed by atoms with Crippen molar-refractivity contribution in [1.29, 1.82) is 0 Å². The molecule has 4 N–H and O–H groups in total. The Bertz CT molecular complexity index is 1380. The lowest BCUT2D eigenvalue weighted by Gasteiger charge is -2.30. The molecule has 2 aromatic rings. The molecule has 0 saturated carbocycles. The first-order valence-corrected chi connectivity index (χ1v) is 12.1. The summed E-state index contributed by atoms with van der Waals surface area (Å²) in [6.07, 6.45) is 1.87. The van der Waals surface area contributed by atoms with Gasteiger partial charge in [0.05, 0.1) is 29.2 Å². The molecule has 0 spiro atoms. The average molecular weight is 499 g/mol. The Kier molecular flexibility index (Phi) is 6.07. The second-order valence-electron chi connectivity index (χ2n) is 8.52. The number of cyclic esters (lactones) is 1. The molecule has 4 heterocycles. The predicted octanol–water partition coefficient (Wildman–Crippen LogP) is 1.47. The van der Waals surface area contributed by atoms with E-state index in [1.54, 1.807) is 6.92 Å². The summed E-state index contributed by atoms with van der Waals surface area (Å²) < 4.78 is 21.2. The van der Waals surface area contributed by atoms with Gasteiger partial charge in [0, 0.05) is 47.4 Å². The first kappa shape index (κ1) is 23.5. The summed E-state index contributed by atoms with van der Waals surface area (Å²) in [4.78, 5) is 42.8. The van der Waals surface area contributed by atoms with Crippen LogP contribution in [0.3, 0.4) is 0 Å². The van der Waals surface area contributed by atoms with Crippen molar-refractivity contribution in [3.05, 3.63) is 62.3 Å². The van der Waals surface area contributed by atoms with E-state index in [9.17, 15) is 23.9 Å². The average Bonchev–Trinajstić information content (AvgIpc) is 2.90. The zero-order valence-electron chi connectivity index (χ0n) is 18.8. The molecule has 1 aromatic carbocycles. The van der Waals surface area contributed by atoms with Crippen LogP contribution in [-0.2, 0) is 27.5 Å². The summed E-state index contributed by atoms with van der Waals surface area (Å²) in [5.41, 5.74) is 8.13. The van der Waals surface area contributed by atoms with Gasteiger partial charge >= 0.3 is 5.97 Å². The highest BCUT2D eigenvalue weighted by atomic mass is 32.2. The van der Waals surface area contributed by atoms with Gasteiger partial charge in [0.25, 0.3) is 5.56 Å². The Balaban J connectivity index is 1.70. The minimum absolute atomic E-state index is 0.135. The number of rotatable bonds is 3. The third kappa shape index (κ3) is 3.99. The molecule has 0 bridgehead atoms. The van der Waals surface area contributed by atoms with Crippen LogP contribution in [0, 0.1) is 12.7 Å². The molecule has 3 aliphatic rings. The fourth-order valence-electron chi connectivity index (χ4n) is 4.55. The number of aliphatic hydroxyl groups excluding tert-OH is 1. The molecule has 0 saturated heterocycles. The minimum Gasteiger partial charge on any atom is -0.458 e. The number of thioether (sulfide) groups is 1.